The molecule has 3 aliphatic rings. The zero-order valence-electron chi connectivity index (χ0n) is 16.1. The summed E-state index contributed by atoms with van der Waals surface area (Å²) in [6, 6.07) is 3.01. The van der Waals surface area contributed by atoms with Crippen LogP contribution < -0.4 is 5.32 Å². The number of hydrogen-bond donors (Lipinski definition) is 3. The molecule has 4 atom stereocenters. The molecule has 0 spiro atoms. The maximum Gasteiger partial charge on any atom is 0.309 e. The quantitative estimate of drug-likeness (QED) is 0.416. The third kappa shape index (κ3) is 2.89. The zero-order valence-corrected chi connectivity index (χ0v) is 16.9. The Morgan fingerprint density at radius 2 is 2.06 bits per heavy atom. The molecule has 156 valence electrons. The van der Waals surface area contributed by atoms with E-state index in [1.165, 1.54) is 17.4 Å². The molecule has 2 bridgehead atoms. The first kappa shape index (κ1) is 18.4. The molecule has 0 saturated heterocycles. The van der Waals surface area contributed by atoms with Gasteiger partial charge in [0.15, 0.2) is 11.5 Å². The Hall–Kier alpha value is -3.40. The molecule has 3 aliphatic carbocycles. The number of halogens is 1. The normalized spacial score (nSPS) is 24.8. The Bertz CT molecular complexity index is 1360. The third-order valence-electron chi connectivity index (χ3n) is 6.26. The number of pyridine rings is 1. The molecule has 0 radical (unpaired) electrons. The molecule has 10 heteroatoms. The van der Waals surface area contributed by atoms with E-state index in [1.807, 2.05) is 17.5 Å². The molecule has 4 heterocycles. The fraction of sp³-hybridized carbons (Fsp3) is 0.286. The Morgan fingerprint density at radius 1 is 1.23 bits per heavy atom. The summed E-state index contributed by atoms with van der Waals surface area (Å²) in [6.07, 6.45) is 7.10. The van der Waals surface area contributed by atoms with Crippen LogP contribution in [0.1, 0.15) is 12.8 Å². The van der Waals surface area contributed by atoms with E-state index >= 15 is 0 Å². The fourth-order valence-electron chi connectivity index (χ4n) is 4.81. The van der Waals surface area contributed by atoms with Gasteiger partial charge in [0.05, 0.1) is 22.9 Å². The number of carboxylic acid groups (broad SMARTS) is 1. The van der Waals surface area contributed by atoms with Crippen molar-refractivity contribution in [3.63, 3.8) is 0 Å². The topological polar surface area (TPSA) is 117 Å². The number of nitrogens with one attached hydrogen (secondary N) is 2. The highest BCUT2D eigenvalue weighted by atomic mass is 32.1. The molecule has 0 aromatic carbocycles. The number of hydrogen-bond acceptors (Lipinski definition) is 7. The van der Waals surface area contributed by atoms with Crippen molar-refractivity contribution in [1.29, 1.82) is 0 Å². The summed E-state index contributed by atoms with van der Waals surface area (Å²) < 4.78 is 13.8. The number of aliphatic carboxylic acids is 1. The molecule has 31 heavy (non-hydrogen) atoms. The Kier molecular flexibility index (Phi) is 4.04. The number of aromatic nitrogens is 5. The molecule has 3 N–H and O–H groups in total. The molecule has 1 fully saturated rings. The molecule has 1 saturated carbocycles. The van der Waals surface area contributed by atoms with E-state index in [4.69, 9.17) is 4.98 Å². The number of aromatic amines is 1. The molecule has 0 aliphatic heterocycles. The van der Waals surface area contributed by atoms with Gasteiger partial charge >= 0.3 is 5.97 Å². The van der Waals surface area contributed by atoms with Crippen LogP contribution in [-0.4, -0.2) is 42.3 Å². The summed E-state index contributed by atoms with van der Waals surface area (Å²) in [4.78, 5) is 26.1. The standard InChI is InChI=1S/C21H17FN6O2S/c22-11-7-13-16(27-28-17(13)23-8-11)19-25-18(12-5-6-31-20(12)26-19)24-15-10-3-1-9(2-4-10)14(15)21(29)30/h1,3,5-10,14-15H,2,4H2,(H,29,30)(H,23,27,28)(H,24,25,26)/t9?,10?,14-,15-/m0/s1. The number of H-pyrrole nitrogens is 1. The van der Waals surface area contributed by atoms with Crippen LogP contribution in [0, 0.1) is 23.6 Å². The number of allylic oxidation sites excluding steroid dienone is 1. The van der Waals surface area contributed by atoms with Crippen LogP contribution in [0.4, 0.5) is 10.2 Å². The van der Waals surface area contributed by atoms with Gasteiger partial charge in [-0.15, -0.1) is 11.3 Å². The SMILES string of the molecule is O=C(O)[C@H]1C2C=CC(CC2)[C@@H]1Nc1nc(-c2[nH]nc3ncc(F)cc23)nc2sccc12. The third-order valence-corrected chi connectivity index (χ3v) is 7.07. The van der Waals surface area contributed by atoms with Crippen LogP contribution in [0.2, 0.25) is 0 Å². The van der Waals surface area contributed by atoms with Crippen molar-refractivity contribution in [2.45, 2.75) is 18.9 Å². The van der Waals surface area contributed by atoms with Crippen molar-refractivity contribution in [3.05, 3.63) is 41.7 Å². The van der Waals surface area contributed by atoms with Crippen LogP contribution >= 0.6 is 11.3 Å². The Balaban J connectivity index is 1.47. The summed E-state index contributed by atoms with van der Waals surface area (Å²) in [7, 11) is 0. The van der Waals surface area contributed by atoms with Crippen molar-refractivity contribution in [2.24, 2.45) is 17.8 Å². The molecule has 8 nitrogen and oxygen atoms in total. The lowest BCUT2D eigenvalue weighted by Crippen LogP contribution is -2.49. The predicted molar refractivity (Wildman–Crippen MR) is 114 cm³/mol. The highest BCUT2D eigenvalue weighted by Gasteiger charge is 2.45. The van der Waals surface area contributed by atoms with E-state index in [0.717, 1.165) is 29.3 Å². The van der Waals surface area contributed by atoms with E-state index in [-0.39, 0.29) is 17.9 Å². The number of fused-ring (bicyclic) bond motifs is 4. The van der Waals surface area contributed by atoms with E-state index in [9.17, 15) is 14.3 Å². The van der Waals surface area contributed by atoms with E-state index in [0.29, 0.717) is 28.4 Å². The Morgan fingerprint density at radius 3 is 2.87 bits per heavy atom. The average Bonchev–Trinajstić information content (AvgIpc) is 3.41. The summed E-state index contributed by atoms with van der Waals surface area (Å²) in [5.74, 6) is -0.702. The largest absolute Gasteiger partial charge is 0.481 e. The highest BCUT2D eigenvalue weighted by molar-refractivity contribution is 7.16. The van der Waals surface area contributed by atoms with Crippen LogP contribution in [-0.2, 0) is 4.79 Å². The number of nitrogens with zero attached hydrogens (tertiary/aromatic N) is 4. The number of carbonyl (C=O) groups is 1. The molecule has 4 aromatic heterocycles. The molecule has 7 rings (SSSR count). The van der Waals surface area contributed by atoms with Gasteiger partial charge in [-0.25, -0.2) is 19.3 Å². The van der Waals surface area contributed by atoms with E-state index < -0.39 is 17.7 Å². The van der Waals surface area contributed by atoms with Gasteiger partial charge in [-0.2, -0.15) is 5.10 Å². The first-order valence-electron chi connectivity index (χ1n) is 10.0. The maximum atomic E-state index is 13.8. The van der Waals surface area contributed by atoms with Gasteiger partial charge in [-0.3, -0.25) is 9.89 Å². The monoisotopic (exact) mass is 436 g/mol. The predicted octanol–water partition coefficient (Wildman–Crippen LogP) is 3.85. The fourth-order valence-corrected chi connectivity index (χ4v) is 5.57. The second-order valence-electron chi connectivity index (χ2n) is 7.98. The minimum Gasteiger partial charge on any atom is -0.481 e. The van der Waals surface area contributed by atoms with Gasteiger partial charge in [-0.05, 0) is 42.2 Å². The molecule has 4 aromatic rings. The van der Waals surface area contributed by atoms with Crippen molar-refractivity contribution < 1.29 is 14.3 Å². The van der Waals surface area contributed by atoms with Crippen LogP contribution in [0.25, 0.3) is 32.8 Å². The first-order valence-corrected chi connectivity index (χ1v) is 10.9. The summed E-state index contributed by atoms with van der Waals surface area (Å²) in [6.45, 7) is 0. The van der Waals surface area contributed by atoms with Crippen LogP contribution in [0.3, 0.4) is 0 Å². The smallest absolute Gasteiger partial charge is 0.309 e. The van der Waals surface area contributed by atoms with Gasteiger partial charge < -0.3 is 10.4 Å². The average molecular weight is 436 g/mol. The summed E-state index contributed by atoms with van der Waals surface area (Å²) in [5, 5.41) is 23.5. The second-order valence-corrected chi connectivity index (χ2v) is 8.88. The maximum absolute atomic E-state index is 13.8. The molecular formula is C21H17FN6O2S. The Labute approximate surface area is 179 Å². The number of rotatable bonds is 4. The molecule has 0 amide bonds. The van der Waals surface area contributed by atoms with E-state index in [1.54, 1.807) is 0 Å². The summed E-state index contributed by atoms with van der Waals surface area (Å²) >= 11 is 1.46. The van der Waals surface area contributed by atoms with Crippen LogP contribution in [0.5, 0.6) is 0 Å². The van der Waals surface area contributed by atoms with Crippen molar-refractivity contribution in [1.82, 2.24) is 25.1 Å². The lowest BCUT2D eigenvalue weighted by molar-refractivity contribution is -0.145. The molecule has 2 unspecified atom stereocenters. The van der Waals surface area contributed by atoms with Gasteiger partial charge in [0.25, 0.3) is 0 Å². The van der Waals surface area contributed by atoms with Gasteiger partial charge in [-0.1, -0.05) is 12.2 Å². The van der Waals surface area contributed by atoms with Gasteiger partial charge in [0, 0.05) is 6.04 Å². The lowest BCUT2D eigenvalue weighted by Gasteiger charge is -2.43. The van der Waals surface area contributed by atoms with Crippen molar-refractivity contribution in [2.75, 3.05) is 5.32 Å². The van der Waals surface area contributed by atoms with Crippen LogP contribution in [0.15, 0.2) is 35.9 Å². The zero-order chi connectivity index (χ0) is 21.1. The molecular weight excluding hydrogens is 419 g/mol. The minimum atomic E-state index is -0.798. The summed E-state index contributed by atoms with van der Waals surface area (Å²) in [5.41, 5.74) is 0.849. The first-order chi connectivity index (χ1) is 15.1. The van der Waals surface area contributed by atoms with E-state index in [2.05, 4.69) is 31.6 Å². The van der Waals surface area contributed by atoms with Crippen molar-refractivity contribution >= 4 is 44.4 Å². The second kappa shape index (κ2) is 6.81. The number of carboxylic acids is 1. The minimum absolute atomic E-state index is 0.0184. The highest BCUT2D eigenvalue weighted by Crippen LogP contribution is 2.43. The van der Waals surface area contributed by atoms with Gasteiger partial charge in [0.1, 0.15) is 22.2 Å². The lowest BCUT2D eigenvalue weighted by atomic mass is 9.66. The van der Waals surface area contributed by atoms with Crippen molar-refractivity contribution in [3.8, 4) is 11.5 Å². The van der Waals surface area contributed by atoms with Gasteiger partial charge in [0.2, 0.25) is 0 Å². The number of anilines is 1. The number of thiophene rings is 1.